The van der Waals surface area contributed by atoms with Gasteiger partial charge in [0.1, 0.15) is 5.82 Å². The highest BCUT2D eigenvalue weighted by atomic mass is 79.9. The first kappa shape index (κ1) is 14.9. The van der Waals surface area contributed by atoms with E-state index < -0.39 is 0 Å². The van der Waals surface area contributed by atoms with Crippen LogP contribution in [-0.2, 0) is 6.42 Å². The highest BCUT2D eigenvalue weighted by molar-refractivity contribution is 9.10. The first-order valence-corrected chi connectivity index (χ1v) is 6.72. The van der Waals surface area contributed by atoms with Crippen LogP contribution >= 0.6 is 28.3 Å². The summed E-state index contributed by atoms with van der Waals surface area (Å²) < 4.78 is 14.4. The fourth-order valence-electron chi connectivity index (χ4n) is 2.28. The minimum Gasteiger partial charge on any atom is -0.314 e. The summed E-state index contributed by atoms with van der Waals surface area (Å²) in [5.74, 6) is -0.101. The molecule has 1 aliphatic rings. The van der Waals surface area contributed by atoms with E-state index in [4.69, 9.17) is 0 Å². The predicted molar refractivity (Wildman–Crippen MR) is 75.3 cm³/mol. The molecular formula is C13H18BrClFN. The third kappa shape index (κ3) is 4.57. The van der Waals surface area contributed by atoms with Gasteiger partial charge in [-0.05, 0) is 49.6 Å². The molecule has 2 rings (SSSR count). The van der Waals surface area contributed by atoms with Gasteiger partial charge in [-0.1, -0.05) is 28.8 Å². The van der Waals surface area contributed by atoms with Gasteiger partial charge in [-0.2, -0.15) is 0 Å². The number of hydrogen-bond acceptors (Lipinski definition) is 1. The van der Waals surface area contributed by atoms with E-state index >= 15 is 0 Å². The molecule has 0 spiro atoms. The SMILES string of the molecule is Cl.Fc1ccc(Br)cc1CCNC1CCCC1. The van der Waals surface area contributed by atoms with Crippen LogP contribution < -0.4 is 5.32 Å². The van der Waals surface area contributed by atoms with Gasteiger partial charge in [0.05, 0.1) is 0 Å². The molecule has 1 saturated carbocycles. The van der Waals surface area contributed by atoms with Crippen molar-refractivity contribution < 1.29 is 4.39 Å². The Hall–Kier alpha value is -0.120. The number of halogens is 3. The molecular weight excluding hydrogens is 305 g/mol. The summed E-state index contributed by atoms with van der Waals surface area (Å²) in [5, 5.41) is 3.49. The maximum Gasteiger partial charge on any atom is 0.126 e. The second kappa shape index (κ2) is 7.34. The van der Waals surface area contributed by atoms with Gasteiger partial charge in [0.2, 0.25) is 0 Å². The molecule has 0 heterocycles. The molecule has 0 radical (unpaired) electrons. The Balaban J connectivity index is 0.00000144. The average molecular weight is 323 g/mol. The van der Waals surface area contributed by atoms with Crippen molar-refractivity contribution in [1.82, 2.24) is 5.32 Å². The van der Waals surface area contributed by atoms with Crippen LogP contribution in [0.5, 0.6) is 0 Å². The Kier molecular flexibility index (Phi) is 6.45. The Morgan fingerprint density at radius 2 is 2.00 bits per heavy atom. The molecule has 1 N–H and O–H groups in total. The molecule has 0 unspecified atom stereocenters. The van der Waals surface area contributed by atoms with Crippen LogP contribution in [0.15, 0.2) is 22.7 Å². The van der Waals surface area contributed by atoms with E-state index in [1.807, 2.05) is 6.07 Å². The highest BCUT2D eigenvalue weighted by Gasteiger charge is 2.13. The van der Waals surface area contributed by atoms with E-state index in [0.29, 0.717) is 6.04 Å². The van der Waals surface area contributed by atoms with Crippen LogP contribution in [0.3, 0.4) is 0 Å². The second-order valence-corrected chi connectivity index (χ2v) is 5.34. The van der Waals surface area contributed by atoms with Crippen molar-refractivity contribution in [2.24, 2.45) is 0 Å². The van der Waals surface area contributed by atoms with E-state index in [2.05, 4.69) is 21.2 Å². The largest absolute Gasteiger partial charge is 0.314 e. The zero-order chi connectivity index (χ0) is 11.4. The van der Waals surface area contributed by atoms with E-state index in [0.717, 1.165) is 23.0 Å². The van der Waals surface area contributed by atoms with Crippen LogP contribution in [-0.4, -0.2) is 12.6 Å². The molecule has 0 amide bonds. The molecule has 1 nitrogen and oxygen atoms in total. The van der Waals surface area contributed by atoms with Crippen molar-refractivity contribution in [2.75, 3.05) is 6.54 Å². The first-order valence-electron chi connectivity index (χ1n) is 5.93. The molecule has 0 aromatic heterocycles. The van der Waals surface area contributed by atoms with Gasteiger partial charge in [0.15, 0.2) is 0 Å². The van der Waals surface area contributed by atoms with Gasteiger partial charge in [0, 0.05) is 10.5 Å². The van der Waals surface area contributed by atoms with Crippen molar-refractivity contribution in [2.45, 2.75) is 38.1 Å². The lowest BCUT2D eigenvalue weighted by atomic mass is 10.1. The Labute approximate surface area is 117 Å². The van der Waals surface area contributed by atoms with Crippen molar-refractivity contribution in [3.8, 4) is 0 Å². The monoisotopic (exact) mass is 321 g/mol. The molecule has 0 saturated heterocycles. The Bertz CT molecular complexity index is 353. The summed E-state index contributed by atoms with van der Waals surface area (Å²) >= 11 is 3.37. The summed E-state index contributed by atoms with van der Waals surface area (Å²) in [4.78, 5) is 0. The third-order valence-electron chi connectivity index (χ3n) is 3.19. The molecule has 0 bridgehead atoms. The molecule has 1 aromatic rings. The summed E-state index contributed by atoms with van der Waals surface area (Å²) in [5.41, 5.74) is 0.792. The quantitative estimate of drug-likeness (QED) is 0.880. The summed E-state index contributed by atoms with van der Waals surface area (Å²) in [6.07, 6.45) is 6.00. The maximum absolute atomic E-state index is 13.4. The number of benzene rings is 1. The standard InChI is InChI=1S/C13H17BrFN.ClH/c14-11-5-6-13(15)10(9-11)7-8-16-12-3-1-2-4-12;/h5-6,9,12,16H,1-4,7-8H2;1H. The van der Waals surface area contributed by atoms with Crippen molar-refractivity contribution in [1.29, 1.82) is 0 Å². The number of nitrogens with one attached hydrogen (secondary N) is 1. The normalized spacial score (nSPS) is 15.9. The molecule has 17 heavy (non-hydrogen) atoms. The van der Waals surface area contributed by atoms with Crippen molar-refractivity contribution in [3.63, 3.8) is 0 Å². The predicted octanol–water partition coefficient (Wildman–Crippen LogP) is 4.08. The average Bonchev–Trinajstić information content (AvgIpc) is 2.76. The number of hydrogen-bond donors (Lipinski definition) is 1. The van der Waals surface area contributed by atoms with Gasteiger partial charge < -0.3 is 5.32 Å². The van der Waals surface area contributed by atoms with E-state index in [-0.39, 0.29) is 18.2 Å². The van der Waals surface area contributed by atoms with Crippen LogP contribution in [0.2, 0.25) is 0 Å². The van der Waals surface area contributed by atoms with E-state index in [9.17, 15) is 4.39 Å². The van der Waals surface area contributed by atoms with Gasteiger partial charge in [-0.25, -0.2) is 4.39 Å². The highest BCUT2D eigenvalue weighted by Crippen LogP contribution is 2.18. The lowest BCUT2D eigenvalue weighted by Crippen LogP contribution is -2.28. The lowest BCUT2D eigenvalue weighted by Gasteiger charge is -2.11. The molecule has 1 aromatic carbocycles. The van der Waals surface area contributed by atoms with Gasteiger partial charge in [-0.3, -0.25) is 0 Å². The van der Waals surface area contributed by atoms with Crippen LogP contribution in [0.4, 0.5) is 4.39 Å². The van der Waals surface area contributed by atoms with Crippen molar-refractivity contribution >= 4 is 28.3 Å². The molecule has 1 aliphatic carbocycles. The third-order valence-corrected chi connectivity index (χ3v) is 3.68. The maximum atomic E-state index is 13.4. The summed E-state index contributed by atoms with van der Waals surface area (Å²) in [7, 11) is 0. The smallest absolute Gasteiger partial charge is 0.126 e. The van der Waals surface area contributed by atoms with Crippen LogP contribution in [0.1, 0.15) is 31.2 Å². The second-order valence-electron chi connectivity index (χ2n) is 4.42. The molecule has 0 aliphatic heterocycles. The Morgan fingerprint density at radius 1 is 1.29 bits per heavy atom. The van der Waals surface area contributed by atoms with Crippen molar-refractivity contribution in [3.05, 3.63) is 34.1 Å². The molecule has 0 atom stereocenters. The summed E-state index contributed by atoms with van der Waals surface area (Å²) in [6.45, 7) is 0.873. The van der Waals surface area contributed by atoms with Crippen LogP contribution in [0, 0.1) is 5.82 Å². The topological polar surface area (TPSA) is 12.0 Å². The summed E-state index contributed by atoms with van der Waals surface area (Å²) in [6, 6.07) is 5.79. The van der Waals surface area contributed by atoms with Gasteiger partial charge in [-0.15, -0.1) is 12.4 Å². The first-order chi connectivity index (χ1) is 7.75. The lowest BCUT2D eigenvalue weighted by molar-refractivity contribution is 0.520. The van der Waals surface area contributed by atoms with Crippen LogP contribution in [0.25, 0.3) is 0 Å². The molecule has 4 heteroatoms. The van der Waals surface area contributed by atoms with E-state index in [1.54, 1.807) is 6.07 Å². The van der Waals surface area contributed by atoms with Gasteiger partial charge in [0.25, 0.3) is 0 Å². The number of rotatable bonds is 4. The Morgan fingerprint density at radius 3 is 2.71 bits per heavy atom. The van der Waals surface area contributed by atoms with Gasteiger partial charge >= 0.3 is 0 Å². The minimum absolute atomic E-state index is 0. The molecule has 1 fully saturated rings. The fraction of sp³-hybridized carbons (Fsp3) is 0.538. The van der Waals surface area contributed by atoms with E-state index in [1.165, 1.54) is 31.7 Å². The zero-order valence-electron chi connectivity index (χ0n) is 9.72. The zero-order valence-corrected chi connectivity index (χ0v) is 12.1. The fourth-order valence-corrected chi connectivity index (χ4v) is 2.68. The minimum atomic E-state index is -0.101. The molecule has 96 valence electrons.